The number of allylic oxidation sites excluding steroid dienone is 4. The van der Waals surface area contributed by atoms with E-state index in [-0.39, 0.29) is 11.6 Å². The van der Waals surface area contributed by atoms with Gasteiger partial charge in [-0.05, 0) is 58.7 Å². The van der Waals surface area contributed by atoms with E-state index < -0.39 is 11.8 Å². The molecular weight excluding hydrogens is 480 g/mol. The van der Waals surface area contributed by atoms with Crippen molar-refractivity contribution >= 4 is 46.7 Å². The monoisotopic (exact) mass is 502 g/mol. The molecular formula is C30H22N4O4. The third-order valence-corrected chi connectivity index (χ3v) is 6.08. The highest BCUT2D eigenvalue weighted by Crippen LogP contribution is 2.26. The summed E-state index contributed by atoms with van der Waals surface area (Å²) >= 11 is 0. The van der Waals surface area contributed by atoms with Gasteiger partial charge in [0.05, 0.1) is 0 Å². The average molecular weight is 503 g/mol. The van der Waals surface area contributed by atoms with E-state index in [4.69, 9.17) is 0 Å². The van der Waals surface area contributed by atoms with Crippen molar-refractivity contribution in [1.82, 2.24) is 21.7 Å². The van der Waals surface area contributed by atoms with Crippen molar-refractivity contribution in [1.29, 1.82) is 0 Å². The van der Waals surface area contributed by atoms with Crippen LogP contribution in [0.25, 0.3) is 23.3 Å². The second-order valence-electron chi connectivity index (χ2n) is 8.46. The van der Waals surface area contributed by atoms with Crippen LogP contribution in [0.1, 0.15) is 43.0 Å². The van der Waals surface area contributed by atoms with E-state index in [2.05, 4.69) is 21.7 Å². The number of carbonyl (C=O) groups excluding carboxylic acids is 4. The molecule has 0 unspecified atom stereocenters. The summed E-state index contributed by atoms with van der Waals surface area (Å²) in [6, 6.07) is 21.0. The van der Waals surface area contributed by atoms with Crippen LogP contribution in [0.2, 0.25) is 0 Å². The molecule has 3 aromatic carbocycles. The van der Waals surface area contributed by atoms with E-state index in [0.717, 1.165) is 22.3 Å². The predicted molar refractivity (Wildman–Crippen MR) is 145 cm³/mol. The first-order valence-corrected chi connectivity index (χ1v) is 11.8. The summed E-state index contributed by atoms with van der Waals surface area (Å²) in [5.74, 6) is -1.21. The molecule has 3 aromatic rings. The highest BCUT2D eigenvalue weighted by atomic mass is 16.2. The molecule has 8 nitrogen and oxygen atoms in total. The number of ketones is 2. The van der Waals surface area contributed by atoms with E-state index in [1.165, 1.54) is 48.8 Å². The molecule has 8 heteroatoms. The highest BCUT2D eigenvalue weighted by Gasteiger charge is 2.18. The predicted octanol–water partition coefficient (Wildman–Crippen LogP) is 3.43. The second-order valence-corrected chi connectivity index (χ2v) is 8.46. The molecule has 0 aliphatic heterocycles. The fourth-order valence-electron chi connectivity index (χ4n) is 4.11. The van der Waals surface area contributed by atoms with Crippen molar-refractivity contribution in [2.24, 2.45) is 0 Å². The molecule has 4 N–H and O–H groups in total. The van der Waals surface area contributed by atoms with Crippen LogP contribution in [0.4, 0.5) is 0 Å². The Hall–Kier alpha value is -5.50. The van der Waals surface area contributed by atoms with Crippen LogP contribution in [-0.4, -0.2) is 23.4 Å². The summed E-state index contributed by atoms with van der Waals surface area (Å²) < 4.78 is 0. The van der Waals surface area contributed by atoms with Crippen LogP contribution in [-0.2, 0) is 9.59 Å². The number of hydrazine groups is 2. The van der Waals surface area contributed by atoms with Gasteiger partial charge in [-0.3, -0.25) is 30.0 Å². The maximum absolute atomic E-state index is 12.5. The average Bonchev–Trinajstić information content (AvgIpc) is 2.95. The number of rotatable bonds is 6. The summed E-state index contributed by atoms with van der Waals surface area (Å²) in [5, 5.41) is 0. The van der Waals surface area contributed by atoms with Crippen LogP contribution in [0.5, 0.6) is 0 Å². The van der Waals surface area contributed by atoms with Crippen molar-refractivity contribution in [2.45, 2.75) is 0 Å². The molecule has 0 fully saturated rings. The number of fused-ring (bicyclic) bond motifs is 2. The van der Waals surface area contributed by atoms with Gasteiger partial charge >= 0.3 is 0 Å². The Morgan fingerprint density at radius 3 is 1.34 bits per heavy atom. The molecule has 0 heterocycles. The van der Waals surface area contributed by atoms with Crippen molar-refractivity contribution in [3.05, 3.63) is 131 Å². The van der Waals surface area contributed by atoms with Gasteiger partial charge < -0.3 is 10.9 Å². The van der Waals surface area contributed by atoms with Crippen LogP contribution >= 0.6 is 0 Å². The zero-order valence-electron chi connectivity index (χ0n) is 20.0. The fraction of sp³-hybridized carbons (Fsp3) is 0. The van der Waals surface area contributed by atoms with E-state index in [9.17, 15) is 19.2 Å². The lowest BCUT2D eigenvalue weighted by atomic mass is 9.92. The minimum atomic E-state index is -0.439. The number of benzene rings is 3. The number of nitrogens with one attached hydrogen (secondary N) is 4. The first-order valence-electron chi connectivity index (χ1n) is 11.8. The van der Waals surface area contributed by atoms with Gasteiger partial charge in [-0.15, -0.1) is 0 Å². The molecule has 38 heavy (non-hydrogen) atoms. The standard InChI is InChI=1S/C30H22N4O4/c35-27-15-13-19-5-1-3-7-23(19)25(27)17-31-33-29(37)21-9-11-22(12-10-21)30(38)34-32-18-26-24-8-4-2-6-20(24)14-16-28(26)36/h1-18,31-32H,(H,33,37)(H,34,38)/b25-17-,26-18+. The normalized spacial score (nSPS) is 15.6. The number of hydrogen-bond donors (Lipinski definition) is 4. The summed E-state index contributed by atoms with van der Waals surface area (Å²) in [6.07, 6.45) is 9.38. The quantitative estimate of drug-likeness (QED) is 0.303. The summed E-state index contributed by atoms with van der Waals surface area (Å²) in [7, 11) is 0. The Labute approximate surface area is 218 Å². The third kappa shape index (κ3) is 5.05. The summed E-state index contributed by atoms with van der Waals surface area (Å²) in [5.41, 5.74) is 15.3. The molecule has 0 saturated heterocycles. The Morgan fingerprint density at radius 2 is 0.921 bits per heavy atom. The lowest BCUT2D eigenvalue weighted by molar-refractivity contribution is -0.110. The van der Waals surface area contributed by atoms with Crippen LogP contribution in [0.15, 0.2) is 97.3 Å². The van der Waals surface area contributed by atoms with Gasteiger partial charge in [0.2, 0.25) is 0 Å². The molecule has 0 radical (unpaired) electrons. The van der Waals surface area contributed by atoms with Gasteiger partial charge in [0.1, 0.15) is 0 Å². The Bertz CT molecular complexity index is 1460. The summed E-state index contributed by atoms with van der Waals surface area (Å²) in [4.78, 5) is 49.6. The topological polar surface area (TPSA) is 116 Å². The maximum atomic E-state index is 12.5. The van der Waals surface area contributed by atoms with E-state index in [1.807, 2.05) is 48.5 Å². The minimum absolute atomic E-state index is 0.168. The Balaban J connectivity index is 1.17. The molecule has 0 atom stereocenters. The highest BCUT2D eigenvalue weighted by molar-refractivity contribution is 6.30. The smallest absolute Gasteiger partial charge is 0.269 e. The van der Waals surface area contributed by atoms with Gasteiger partial charge in [0.25, 0.3) is 11.8 Å². The SMILES string of the molecule is O=C1C=Cc2ccccc2/C1=C/NNC(=O)c1ccc(C(=O)NN/C=C2/C(=O)C=Cc3ccccc32)cc1. The zero-order valence-corrected chi connectivity index (χ0v) is 20.0. The number of carbonyl (C=O) groups is 4. The lowest BCUT2D eigenvalue weighted by Gasteiger charge is -2.14. The molecule has 2 aliphatic carbocycles. The van der Waals surface area contributed by atoms with Gasteiger partial charge in [-0.1, -0.05) is 60.7 Å². The van der Waals surface area contributed by atoms with Crippen LogP contribution in [0.3, 0.4) is 0 Å². The molecule has 0 bridgehead atoms. The maximum Gasteiger partial charge on any atom is 0.269 e. The molecule has 5 rings (SSSR count). The first kappa shape index (κ1) is 24.2. The van der Waals surface area contributed by atoms with E-state index in [1.54, 1.807) is 12.2 Å². The van der Waals surface area contributed by atoms with Crippen LogP contribution < -0.4 is 21.7 Å². The van der Waals surface area contributed by atoms with Gasteiger partial charge in [-0.2, -0.15) is 0 Å². The van der Waals surface area contributed by atoms with Crippen molar-refractivity contribution in [3.63, 3.8) is 0 Å². The Kier molecular flexibility index (Phi) is 6.77. The van der Waals surface area contributed by atoms with E-state index >= 15 is 0 Å². The van der Waals surface area contributed by atoms with Gasteiger partial charge in [-0.25, -0.2) is 0 Å². The number of hydrogen-bond acceptors (Lipinski definition) is 6. The lowest BCUT2D eigenvalue weighted by Crippen LogP contribution is -2.35. The van der Waals surface area contributed by atoms with Crippen molar-refractivity contribution < 1.29 is 19.2 Å². The largest absolute Gasteiger partial charge is 0.305 e. The molecule has 0 spiro atoms. The van der Waals surface area contributed by atoms with Gasteiger partial charge in [0, 0.05) is 34.7 Å². The third-order valence-electron chi connectivity index (χ3n) is 6.08. The zero-order chi connectivity index (χ0) is 26.5. The number of amides is 2. The molecule has 0 aromatic heterocycles. The minimum Gasteiger partial charge on any atom is -0.305 e. The van der Waals surface area contributed by atoms with Gasteiger partial charge in [0.15, 0.2) is 11.6 Å². The van der Waals surface area contributed by atoms with E-state index in [0.29, 0.717) is 22.3 Å². The second kappa shape index (κ2) is 10.6. The molecule has 186 valence electrons. The van der Waals surface area contributed by atoms with Crippen LogP contribution in [0, 0.1) is 0 Å². The van der Waals surface area contributed by atoms with Crippen molar-refractivity contribution in [2.75, 3.05) is 0 Å². The fourth-order valence-corrected chi connectivity index (χ4v) is 4.11. The van der Waals surface area contributed by atoms with Crippen molar-refractivity contribution in [3.8, 4) is 0 Å². The molecule has 0 saturated carbocycles. The summed E-state index contributed by atoms with van der Waals surface area (Å²) in [6.45, 7) is 0. The molecule has 2 aliphatic rings. The Morgan fingerprint density at radius 1 is 0.526 bits per heavy atom. The first-order chi connectivity index (χ1) is 18.5. The molecule has 2 amide bonds.